The average Bonchev–Trinajstić information content (AvgIpc) is 2.47. The lowest BCUT2D eigenvalue weighted by Gasteiger charge is -2.33. The van der Waals surface area contributed by atoms with Crippen LogP contribution in [0.5, 0.6) is 0 Å². The number of hydrogen-bond donors (Lipinski definition) is 1. The Morgan fingerprint density at radius 3 is 2.50 bits per heavy atom. The number of piperidine rings is 1. The van der Waals surface area contributed by atoms with Crippen molar-refractivity contribution in [1.82, 2.24) is 10.2 Å². The molecule has 1 heterocycles. The van der Waals surface area contributed by atoms with Crippen LogP contribution < -0.4 is 5.32 Å². The first-order chi connectivity index (χ1) is 10.4. The van der Waals surface area contributed by atoms with Crippen LogP contribution in [0.1, 0.15) is 51.6 Å². The SMILES string of the molecule is CC(C)(C)C(NC(=O)CN1CCCCC1=O)c1ccccc1. The van der Waals surface area contributed by atoms with E-state index in [1.165, 1.54) is 0 Å². The van der Waals surface area contributed by atoms with Crippen molar-refractivity contribution in [2.75, 3.05) is 13.1 Å². The van der Waals surface area contributed by atoms with E-state index in [9.17, 15) is 9.59 Å². The number of benzene rings is 1. The Morgan fingerprint density at radius 1 is 1.23 bits per heavy atom. The summed E-state index contributed by atoms with van der Waals surface area (Å²) in [5.74, 6) is 0.00690. The molecule has 4 nitrogen and oxygen atoms in total. The van der Waals surface area contributed by atoms with E-state index in [1.807, 2.05) is 30.3 Å². The van der Waals surface area contributed by atoms with Gasteiger partial charge in [-0.1, -0.05) is 51.1 Å². The number of hydrogen-bond acceptors (Lipinski definition) is 2. The lowest BCUT2D eigenvalue weighted by Crippen LogP contribution is -2.45. The van der Waals surface area contributed by atoms with Crippen LogP contribution in [-0.2, 0) is 9.59 Å². The zero-order valence-electron chi connectivity index (χ0n) is 13.8. The third-order valence-corrected chi connectivity index (χ3v) is 4.06. The second kappa shape index (κ2) is 6.95. The highest BCUT2D eigenvalue weighted by atomic mass is 16.2. The van der Waals surface area contributed by atoms with Crippen molar-refractivity contribution >= 4 is 11.8 Å². The molecule has 1 saturated heterocycles. The van der Waals surface area contributed by atoms with Gasteiger partial charge < -0.3 is 10.2 Å². The van der Waals surface area contributed by atoms with E-state index in [0.29, 0.717) is 13.0 Å². The molecule has 0 spiro atoms. The Labute approximate surface area is 132 Å². The van der Waals surface area contributed by atoms with Gasteiger partial charge in [0.25, 0.3) is 0 Å². The second-order valence-electron chi connectivity index (χ2n) is 7.05. The number of carbonyl (C=O) groups is 2. The number of carbonyl (C=O) groups excluding carboxylic acids is 2. The summed E-state index contributed by atoms with van der Waals surface area (Å²) in [5, 5.41) is 3.11. The summed E-state index contributed by atoms with van der Waals surface area (Å²) in [5.41, 5.74) is 0.997. The molecule has 1 aromatic carbocycles. The standard InChI is InChI=1S/C18H26N2O2/c1-18(2,3)17(14-9-5-4-6-10-14)19-15(21)13-20-12-8-7-11-16(20)22/h4-6,9-10,17H,7-8,11-13H2,1-3H3,(H,19,21). The summed E-state index contributed by atoms with van der Waals surface area (Å²) in [6.07, 6.45) is 2.49. The molecule has 0 saturated carbocycles. The third kappa shape index (κ3) is 4.33. The molecule has 0 radical (unpaired) electrons. The molecule has 120 valence electrons. The fourth-order valence-corrected chi connectivity index (χ4v) is 2.85. The van der Waals surface area contributed by atoms with Crippen molar-refractivity contribution in [3.63, 3.8) is 0 Å². The van der Waals surface area contributed by atoms with Crippen molar-refractivity contribution in [3.8, 4) is 0 Å². The van der Waals surface area contributed by atoms with Crippen molar-refractivity contribution in [2.45, 2.75) is 46.1 Å². The van der Waals surface area contributed by atoms with Gasteiger partial charge in [0.1, 0.15) is 0 Å². The molecule has 1 unspecified atom stereocenters. The first-order valence-corrected chi connectivity index (χ1v) is 8.00. The molecule has 0 aliphatic carbocycles. The van der Waals surface area contributed by atoms with E-state index >= 15 is 0 Å². The molecule has 1 aliphatic heterocycles. The van der Waals surface area contributed by atoms with Gasteiger partial charge in [0.2, 0.25) is 11.8 Å². The minimum atomic E-state index is -0.0943. The predicted octanol–water partition coefficient (Wildman–Crippen LogP) is 2.90. The summed E-state index contributed by atoms with van der Waals surface area (Å²) in [6, 6.07) is 9.92. The Bertz CT molecular complexity index is 520. The second-order valence-corrected chi connectivity index (χ2v) is 7.05. The Morgan fingerprint density at radius 2 is 1.91 bits per heavy atom. The highest BCUT2D eigenvalue weighted by Crippen LogP contribution is 2.32. The van der Waals surface area contributed by atoms with Crippen LogP contribution in [0, 0.1) is 5.41 Å². The van der Waals surface area contributed by atoms with Gasteiger partial charge in [0.05, 0.1) is 12.6 Å². The van der Waals surface area contributed by atoms with Crippen LogP contribution in [0.4, 0.5) is 0 Å². The van der Waals surface area contributed by atoms with Gasteiger partial charge in [-0.05, 0) is 23.8 Å². The van der Waals surface area contributed by atoms with Crippen LogP contribution in [0.15, 0.2) is 30.3 Å². The van der Waals surface area contributed by atoms with E-state index in [4.69, 9.17) is 0 Å². The highest BCUT2D eigenvalue weighted by Gasteiger charge is 2.29. The first-order valence-electron chi connectivity index (χ1n) is 8.00. The number of amides is 2. The molecule has 1 aromatic rings. The first kappa shape index (κ1) is 16.5. The maximum atomic E-state index is 12.4. The Kier molecular flexibility index (Phi) is 5.22. The van der Waals surface area contributed by atoms with Crippen molar-refractivity contribution in [2.24, 2.45) is 5.41 Å². The van der Waals surface area contributed by atoms with Crippen molar-refractivity contribution < 1.29 is 9.59 Å². The Hall–Kier alpha value is -1.84. The molecular weight excluding hydrogens is 276 g/mol. The highest BCUT2D eigenvalue weighted by molar-refractivity contribution is 5.85. The van der Waals surface area contributed by atoms with E-state index in [1.54, 1.807) is 4.90 Å². The summed E-state index contributed by atoms with van der Waals surface area (Å²) < 4.78 is 0. The predicted molar refractivity (Wildman–Crippen MR) is 87.2 cm³/mol. The van der Waals surface area contributed by atoms with Crippen molar-refractivity contribution in [3.05, 3.63) is 35.9 Å². The lowest BCUT2D eigenvalue weighted by molar-refractivity contribution is -0.138. The van der Waals surface area contributed by atoms with Gasteiger partial charge in [0, 0.05) is 13.0 Å². The van der Waals surface area contributed by atoms with Crippen LogP contribution >= 0.6 is 0 Å². The quantitative estimate of drug-likeness (QED) is 0.929. The molecule has 2 amide bonds. The molecule has 1 atom stereocenters. The third-order valence-electron chi connectivity index (χ3n) is 4.06. The van der Waals surface area contributed by atoms with Crippen molar-refractivity contribution in [1.29, 1.82) is 0 Å². The summed E-state index contributed by atoms with van der Waals surface area (Å²) in [6.45, 7) is 7.18. The smallest absolute Gasteiger partial charge is 0.240 e. The summed E-state index contributed by atoms with van der Waals surface area (Å²) in [4.78, 5) is 25.9. The largest absolute Gasteiger partial charge is 0.347 e. The zero-order chi connectivity index (χ0) is 16.2. The van der Waals surface area contributed by atoms with E-state index in [2.05, 4.69) is 26.1 Å². The molecule has 2 rings (SSSR count). The molecule has 0 bridgehead atoms. The number of nitrogens with zero attached hydrogens (tertiary/aromatic N) is 1. The molecular formula is C18H26N2O2. The average molecular weight is 302 g/mol. The molecule has 1 fully saturated rings. The fourth-order valence-electron chi connectivity index (χ4n) is 2.85. The zero-order valence-corrected chi connectivity index (χ0v) is 13.8. The maximum absolute atomic E-state index is 12.4. The normalized spacial score (nSPS) is 17.2. The van der Waals surface area contributed by atoms with E-state index < -0.39 is 0 Å². The molecule has 1 aliphatic rings. The van der Waals surface area contributed by atoms with Gasteiger partial charge in [-0.25, -0.2) is 0 Å². The lowest BCUT2D eigenvalue weighted by atomic mass is 9.82. The van der Waals surface area contributed by atoms with Crippen LogP contribution in [0.3, 0.4) is 0 Å². The van der Waals surface area contributed by atoms with Gasteiger partial charge in [-0.15, -0.1) is 0 Å². The summed E-state index contributed by atoms with van der Waals surface area (Å²) in [7, 11) is 0. The molecule has 0 aromatic heterocycles. The van der Waals surface area contributed by atoms with Crippen LogP contribution in [0.25, 0.3) is 0 Å². The fraction of sp³-hybridized carbons (Fsp3) is 0.556. The molecule has 4 heteroatoms. The molecule has 22 heavy (non-hydrogen) atoms. The van der Waals surface area contributed by atoms with Gasteiger partial charge in [0.15, 0.2) is 0 Å². The van der Waals surface area contributed by atoms with Crippen LogP contribution in [0.2, 0.25) is 0 Å². The van der Waals surface area contributed by atoms with Crippen LogP contribution in [-0.4, -0.2) is 29.8 Å². The monoisotopic (exact) mass is 302 g/mol. The minimum absolute atomic E-state index is 0.0684. The van der Waals surface area contributed by atoms with Gasteiger partial charge in [-0.2, -0.15) is 0 Å². The number of nitrogens with one attached hydrogen (secondary N) is 1. The Balaban J connectivity index is 2.04. The molecule has 1 N–H and O–H groups in total. The van der Waals surface area contributed by atoms with E-state index in [-0.39, 0.29) is 29.8 Å². The van der Waals surface area contributed by atoms with E-state index in [0.717, 1.165) is 18.4 Å². The topological polar surface area (TPSA) is 49.4 Å². The number of rotatable bonds is 4. The summed E-state index contributed by atoms with van der Waals surface area (Å²) >= 11 is 0. The van der Waals surface area contributed by atoms with Gasteiger partial charge >= 0.3 is 0 Å². The maximum Gasteiger partial charge on any atom is 0.240 e. The minimum Gasteiger partial charge on any atom is -0.347 e. The number of likely N-dealkylation sites (tertiary alicyclic amines) is 1. The van der Waals surface area contributed by atoms with Gasteiger partial charge in [-0.3, -0.25) is 9.59 Å².